The van der Waals surface area contributed by atoms with Crippen LogP contribution in [0.5, 0.6) is 0 Å². The zero-order valence-corrected chi connectivity index (χ0v) is 11.0. The normalized spacial score (nSPS) is 22.5. The van der Waals surface area contributed by atoms with E-state index in [-0.39, 0.29) is 11.9 Å². The third kappa shape index (κ3) is 2.86. The Morgan fingerprint density at radius 3 is 2.89 bits per heavy atom. The van der Waals surface area contributed by atoms with Gasteiger partial charge in [0.05, 0.1) is 6.20 Å². The Labute approximate surface area is 111 Å². The predicted octanol–water partition coefficient (Wildman–Crippen LogP) is 0.425. The molecule has 2 atom stereocenters. The predicted molar refractivity (Wildman–Crippen MR) is 67.4 cm³/mol. The van der Waals surface area contributed by atoms with E-state index < -0.39 is 12.0 Å². The smallest absolute Gasteiger partial charge is 0.326 e. The Bertz CT molecular complexity index is 485. The third-order valence-electron chi connectivity index (χ3n) is 3.42. The van der Waals surface area contributed by atoms with Gasteiger partial charge in [-0.2, -0.15) is 5.10 Å². The number of likely N-dealkylation sites (tertiary alicyclic amines) is 1. The van der Waals surface area contributed by atoms with Crippen molar-refractivity contribution in [3.05, 3.63) is 18.0 Å². The lowest BCUT2D eigenvalue weighted by atomic mass is 10.0. The molecular weight excluding hydrogens is 248 g/mol. The molecule has 0 aliphatic carbocycles. The molecule has 0 bridgehead atoms. The van der Waals surface area contributed by atoms with Gasteiger partial charge in [-0.1, -0.05) is 6.92 Å². The van der Waals surface area contributed by atoms with E-state index in [1.165, 1.54) is 4.90 Å². The van der Waals surface area contributed by atoms with Gasteiger partial charge >= 0.3 is 12.0 Å². The number of carboxylic acids is 1. The first-order chi connectivity index (χ1) is 8.99. The molecule has 104 valence electrons. The van der Waals surface area contributed by atoms with E-state index in [0.717, 1.165) is 12.0 Å². The van der Waals surface area contributed by atoms with Crippen LogP contribution in [0, 0.1) is 5.92 Å². The van der Waals surface area contributed by atoms with Gasteiger partial charge in [-0.25, -0.2) is 9.59 Å². The Balaban J connectivity index is 1.94. The molecule has 2 unspecified atom stereocenters. The molecule has 7 nitrogen and oxygen atoms in total. The van der Waals surface area contributed by atoms with Crippen LogP contribution in [0.3, 0.4) is 0 Å². The minimum Gasteiger partial charge on any atom is -0.480 e. The molecule has 2 amide bonds. The number of carbonyl (C=O) groups is 2. The molecule has 0 saturated carbocycles. The number of hydrogen-bond acceptors (Lipinski definition) is 3. The third-order valence-corrected chi connectivity index (χ3v) is 3.42. The summed E-state index contributed by atoms with van der Waals surface area (Å²) in [6.07, 6.45) is 4.19. The van der Waals surface area contributed by atoms with Crippen molar-refractivity contribution in [2.45, 2.75) is 25.9 Å². The molecule has 0 radical (unpaired) electrons. The maximum Gasteiger partial charge on any atom is 0.326 e. The van der Waals surface area contributed by atoms with Gasteiger partial charge < -0.3 is 15.3 Å². The van der Waals surface area contributed by atoms with E-state index in [4.69, 9.17) is 5.11 Å². The van der Waals surface area contributed by atoms with Gasteiger partial charge in [0.15, 0.2) is 0 Å². The fraction of sp³-hybridized carbons (Fsp3) is 0.583. The first-order valence-electron chi connectivity index (χ1n) is 6.24. The summed E-state index contributed by atoms with van der Waals surface area (Å²) in [4.78, 5) is 24.6. The highest BCUT2D eigenvalue weighted by Gasteiger charge is 2.39. The summed E-state index contributed by atoms with van der Waals surface area (Å²) in [5.74, 6) is -0.955. The van der Waals surface area contributed by atoms with Crippen molar-refractivity contribution in [1.82, 2.24) is 20.0 Å². The van der Waals surface area contributed by atoms with Crippen LogP contribution in [0.15, 0.2) is 12.4 Å². The minimum absolute atomic E-state index is 0.0124. The lowest BCUT2D eigenvalue weighted by Crippen LogP contribution is -2.47. The summed E-state index contributed by atoms with van der Waals surface area (Å²) in [6.45, 7) is 2.69. The van der Waals surface area contributed by atoms with Crippen molar-refractivity contribution in [3.8, 4) is 0 Å². The second-order valence-corrected chi connectivity index (χ2v) is 4.92. The van der Waals surface area contributed by atoms with E-state index in [9.17, 15) is 9.59 Å². The second kappa shape index (κ2) is 5.29. The fourth-order valence-corrected chi connectivity index (χ4v) is 2.39. The Morgan fingerprint density at radius 2 is 2.32 bits per heavy atom. The van der Waals surface area contributed by atoms with Gasteiger partial charge in [0.2, 0.25) is 0 Å². The fourth-order valence-electron chi connectivity index (χ4n) is 2.39. The van der Waals surface area contributed by atoms with Crippen molar-refractivity contribution < 1.29 is 14.7 Å². The summed E-state index contributed by atoms with van der Waals surface area (Å²) in [6, 6.07) is -1.06. The van der Waals surface area contributed by atoms with E-state index in [1.54, 1.807) is 17.9 Å². The van der Waals surface area contributed by atoms with Gasteiger partial charge in [-0.15, -0.1) is 0 Å². The molecule has 1 aliphatic rings. The maximum absolute atomic E-state index is 12.0. The lowest BCUT2D eigenvalue weighted by molar-refractivity contribution is -0.142. The van der Waals surface area contributed by atoms with Gasteiger partial charge in [-0.3, -0.25) is 4.68 Å². The number of rotatable bonds is 3. The molecule has 1 aliphatic heterocycles. The molecule has 0 aromatic carbocycles. The molecule has 1 aromatic heterocycles. The number of carboxylic acid groups (broad SMARTS) is 1. The summed E-state index contributed by atoms with van der Waals surface area (Å²) in [5, 5.41) is 15.9. The quantitative estimate of drug-likeness (QED) is 0.830. The van der Waals surface area contributed by atoms with Crippen LogP contribution in [-0.4, -0.2) is 44.4 Å². The SMILES string of the molecule is CC1CCN(C(=O)NCc2cnn(C)c2)C1C(=O)O. The highest BCUT2D eigenvalue weighted by molar-refractivity contribution is 5.83. The Kier molecular flexibility index (Phi) is 3.73. The van der Waals surface area contributed by atoms with Crippen molar-refractivity contribution >= 4 is 12.0 Å². The van der Waals surface area contributed by atoms with E-state index >= 15 is 0 Å². The lowest BCUT2D eigenvalue weighted by Gasteiger charge is -2.23. The summed E-state index contributed by atoms with van der Waals surface area (Å²) >= 11 is 0. The summed E-state index contributed by atoms with van der Waals surface area (Å²) < 4.78 is 1.65. The average Bonchev–Trinajstić information content (AvgIpc) is 2.92. The topological polar surface area (TPSA) is 87.5 Å². The van der Waals surface area contributed by atoms with Crippen molar-refractivity contribution in [1.29, 1.82) is 0 Å². The zero-order valence-electron chi connectivity index (χ0n) is 11.0. The molecular formula is C12H18N4O3. The molecule has 2 heterocycles. The number of aromatic nitrogens is 2. The largest absolute Gasteiger partial charge is 0.480 e. The number of aliphatic carboxylic acids is 1. The number of amides is 2. The van der Waals surface area contributed by atoms with Crippen LogP contribution in [0.25, 0.3) is 0 Å². The number of carbonyl (C=O) groups excluding carboxylic acids is 1. The molecule has 0 spiro atoms. The average molecular weight is 266 g/mol. The number of nitrogens with zero attached hydrogens (tertiary/aromatic N) is 3. The molecule has 7 heteroatoms. The number of nitrogens with one attached hydrogen (secondary N) is 1. The highest BCUT2D eigenvalue weighted by atomic mass is 16.4. The first kappa shape index (κ1) is 13.4. The zero-order chi connectivity index (χ0) is 14.0. The highest BCUT2D eigenvalue weighted by Crippen LogP contribution is 2.24. The molecule has 1 fully saturated rings. The van der Waals surface area contributed by atoms with Gasteiger partial charge in [0.1, 0.15) is 6.04 Å². The van der Waals surface area contributed by atoms with Crippen molar-refractivity contribution in [2.24, 2.45) is 13.0 Å². The van der Waals surface area contributed by atoms with Crippen molar-refractivity contribution in [2.75, 3.05) is 6.54 Å². The van der Waals surface area contributed by atoms with Crippen LogP contribution in [0.1, 0.15) is 18.9 Å². The summed E-state index contributed by atoms with van der Waals surface area (Å²) in [5.41, 5.74) is 0.884. The molecule has 2 N–H and O–H groups in total. The van der Waals surface area contributed by atoms with Gasteiger partial charge in [-0.05, 0) is 12.3 Å². The second-order valence-electron chi connectivity index (χ2n) is 4.92. The molecule has 1 aromatic rings. The standard InChI is InChI=1S/C12H18N4O3/c1-8-3-4-16(10(8)11(17)18)12(19)13-5-9-6-14-15(2)7-9/h6-8,10H,3-5H2,1-2H3,(H,13,19)(H,17,18). The van der Waals surface area contributed by atoms with Crippen LogP contribution in [0.2, 0.25) is 0 Å². The minimum atomic E-state index is -0.943. The van der Waals surface area contributed by atoms with Gasteiger partial charge in [0, 0.05) is 31.9 Å². The Hall–Kier alpha value is -2.05. The maximum atomic E-state index is 12.0. The molecule has 19 heavy (non-hydrogen) atoms. The van der Waals surface area contributed by atoms with E-state index in [2.05, 4.69) is 10.4 Å². The van der Waals surface area contributed by atoms with Crippen LogP contribution < -0.4 is 5.32 Å². The number of aryl methyl sites for hydroxylation is 1. The number of hydrogen-bond donors (Lipinski definition) is 2. The molecule has 1 saturated heterocycles. The van der Waals surface area contributed by atoms with E-state index in [0.29, 0.717) is 13.1 Å². The first-order valence-corrected chi connectivity index (χ1v) is 6.24. The number of urea groups is 1. The monoisotopic (exact) mass is 266 g/mol. The van der Waals surface area contributed by atoms with Crippen LogP contribution >= 0.6 is 0 Å². The van der Waals surface area contributed by atoms with Crippen LogP contribution in [0.4, 0.5) is 4.79 Å². The van der Waals surface area contributed by atoms with E-state index in [1.807, 2.05) is 13.1 Å². The van der Waals surface area contributed by atoms with Gasteiger partial charge in [0.25, 0.3) is 0 Å². The van der Waals surface area contributed by atoms with Crippen molar-refractivity contribution in [3.63, 3.8) is 0 Å². The summed E-state index contributed by atoms with van der Waals surface area (Å²) in [7, 11) is 1.80. The van der Waals surface area contributed by atoms with Crippen LogP contribution in [-0.2, 0) is 18.4 Å². The Morgan fingerprint density at radius 1 is 1.58 bits per heavy atom. The molecule has 2 rings (SSSR count).